The van der Waals surface area contributed by atoms with E-state index in [0.717, 1.165) is 19.3 Å². The zero-order chi connectivity index (χ0) is 15.9. The Morgan fingerprint density at radius 1 is 1.14 bits per heavy atom. The van der Waals surface area contributed by atoms with Gasteiger partial charge >= 0.3 is 0 Å². The number of nitrogens with zero attached hydrogens (tertiary/aromatic N) is 2. The molecule has 1 heterocycles. The lowest BCUT2D eigenvalue weighted by Gasteiger charge is -2.29. The molecular formula is C11H25N3O5S2. The Kier molecular flexibility index (Phi) is 7.51. The molecule has 1 aliphatic rings. The van der Waals surface area contributed by atoms with Crippen molar-refractivity contribution >= 4 is 20.0 Å². The molecule has 0 bridgehead atoms. The van der Waals surface area contributed by atoms with Crippen LogP contribution in [0.2, 0.25) is 0 Å². The summed E-state index contributed by atoms with van der Waals surface area (Å²) in [5.41, 5.74) is 0. The first-order valence-corrected chi connectivity index (χ1v) is 10.5. The van der Waals surface area contributed by atoms with Gasteiger partial charge in [0.15, 0.2) is 0 Å². The van der Waals surface area contributed by atoms with Crippen molar-refractivity contribution in [3.05, 3.63) is 0 Å². The van der Waals surface area contributed by atoms with Gasteiger partial charge in [-0.15, -0.1) is 0 Å². The lowest BCUT2D eigenvalue weighted by atomic mass is 10.4. The number of rotatable bonds is 9. The SMILES string of the molecule is CCS(=O)(=O)NCCN(CCN1CCOCC1)S(C)(=O)=O. The van der Waals surface area contributed by atoms with Gasteiger partial charge in [-0.05, 0) is 6.92 Å². The lowest BCUT2D eigenvalue weighted by molar-refractivity contribution is 0.0363. The van der Waals surface area contributed by atoms with Gasteiger partial charge in [-0.2, -0.15) is 4.31 Å². The van der Waals surface area contributed by atoms with E-state index in [4.69, 9.17) is 4.74 Å². The molecule has 0 atom stereocenters. The summed E-state index contributed by atoms with van der Waals surface area (Å²) in [7, 11) is -6.64. The highest BCUT2D eigenvalue weighted by Crippen LogP contribution is 2.01. The summed E-state index contributed by atoms with van der Waals surface area (Å²) in [6.45, 7) is 5.65. The van der Waals surface area contributed by atoms with E-state index >= 15 is 0 Å². The first kappa shape index (κ1) is 18.8. The van der Waals surface area contributed by atoms with Crippen LogP contribution in [0.1, 0.15) is 6.92 Å². The van der Waals surface area contributed by atoms with Crippen molar-refractivity contribution in [3.8, 4) is 0 Å². The summed E-state index contributed by atoms with van der Waals surface area (Å²) in [5, 5.41) is 0. The first-order chi connectivity index (χ1) is 9.74. The molecule has 0 aromatic carbocycles. The number of sulfonamides is 2. The molecule has 0 aromatic heterocycles. The van der Waals surface area contributed by atoms with E-state index in [1.54, 1.807) is 0 Å². The maximum atomic E-state index is 11.7. The van der Waals surface area contributed by atoms with Crippen molar-refractivity contribution < 1.29 is 21.6 Å². The normalized spacial score (nSPS) is 18.2. The maximum Gasteiger partial charge on any atom is 0.211 e. The smallest absolute Gasteiger partial charge is 0.211 e. The van der Waals surface area contributed by atoms with Crippen LogP contribution in [0.3, 0.4) is 0 Å². The summed E-state index contributed by atoms with van der Waals surface area (Å²) >= 11 is 0. The molecule has 0 spiro atoms. The quantitative estimate of drug-likeness (QED) is 0.548. The van der Waals surface area contributed by atoms with E-state index in [-0.39, 0.29) is 18.8 Å². The third-order valence-corrected chi connectivity index (χ3v) is 6.01. The van der Waals surface area contributed by atoms with E-state index in [0.29, 0.717) is 26.3 Å². The minimum Gasteiger partial charge on any atom is -0.379 e. The fourth-order valence-electron chi connectivity index (χ4n) is 1.95. The molecule has 0 amide bonds. The fourth-order valence-corrected chi connectivity index (χ4v) is 3.39. The fraction of sp³-hybridized carbons (Fsp3) is 1.00. The molecule has 1 N–H and O–H groups in total. The van der Waals surface area contributed by atoms with Crippen LogP contribution >= 0.6 is 0 Å². The third-order valence-electron chi connectivity index (χ3n) is 3.30. The van der Waals surface area contributed by atoms with E-state index in [9.17, 15) is 16.8 Å². The van der Waals surface area contributed by atoms with Crippen molar-refractivity contribution in [2.75, 3.05) is 64.5 Å². The summed E-state index contributed by atoms with van der Waals surface area (Å²) in [6.07, 6.45) is 1.14. The number of ether oxygens (including phenoxy) is 1. The molecule has 1 rings (SSSR count). The van der Waals surface area contributed by atoms with E-state index in [1.807, 2.05) is 0 Å². The van der Waals surface area contributed by atoms with Crippen LogP contribution < -0.4 is 4.72 Å². The highest BCUT2D eigenvalue weighted by atomic mass is 32.2. The third kappa shape index (κ3) is 7.52. The van der Waals surface area contributed by atoms with Crippen LogP contribution in [-0.4, -0.2) is 90.5 Å². The topological polar surface area (TPSA) is 96.0 Å². The second-order valence-electron chi connectivity index (χ2n) is 4.91. The molecule has 8 nitrogen and oxygen atoms in total. The van der Waals surface area contributed by atoms with Gasteiger partial charge in [0.05, 0.1) is 25.2 Å². The monoisotopic (exact) mass is 343 g/mol. The number of hydrogen-bond donors (Lipinski definition) is 1. The molecule has 1 aliphatic heterocycles. The molecule has 0 radical (unpaired) electrons. The highest BCUT2D eigenvalue weighted by molar-refractivity contribution is 7.89. The van der Waals surface area contributed by atoms with Crippen LogP contribution in [0, 0.1) is 0 Å². The van der Waals surface area contributed by atoms with Crippen LogP contribution in [0.15, 0.2) is 0 Å². The summed E-state index contributed by atoms with van der Waals surface area (Å²) < 4.78 is 55.1. The van der Waals surface area contributed by atoms with Gasteiger partial charge in [-0.3, -0.25) is 4.90 Å². The molecule has 21 heavy (non-hydrogen) atoms. The zero-order valence-corrected chi connectivity index (χ0v) is 14.2. The van der Waals surface area contributed by atoms with Crippen molar-refractivity contribution in [2.24, 2.45) is 0 Å². The number of nitrogens with one attached hydrogen (secondary N) is 1. The second-order valence-corrected chi connectivity index (χ2v) is 8.99. The Hall–Kier alpha value is -0.260. The van der Waals surface area contributed by atoms with Crippen molar-refractivity contribution in [2.45, 2.75) is 6.92 Å². The minimum absolute atomic E-state index is 0.0142. The van der Waals surface area contributed by atoms with Gasteiger partial charge in [0.1, 0.15) is 0 Å². The van der Waals surface area contributed by atoms with Gasteiger partial charge in [-0.1, -0.05) is 0 Å². The average Bonchev–Trinajstić information content (AvgIpc) is 2.42. The number of morpholine rings is 1. The van der Waals surface area contributed by atoms with Crippen LogP contribution in [0.5, 0.6) is 0 Å². The molecule has 0 saturated carbocycles. The van der Waals surface area contributed by atoms with Gasteiger partial charge in [0, 0.05) is 39.3 Å². The predicted octanol–water partition coefficient (Wildman–Crippen LogP) is -1.48. The molecule has 10 heteroatoms. The van der Waals surface area contributed by atoms with Gasteiger partial charge in [0.25, 0.3) is 0 Å². The summed E-state index contributed by atoms with van der Waals surface area (Å²) in [5.74, 6) is -0.0142. The zero-order valence-electron chi connectivity index (χ0n) is 12.6. The Morgan fingerprint density at radius 2 is 1.76 bits per heavy atom. The van der Waals surface area contributed by atoms with E-state index in [1.165, 1.54) is 11.2 Å². The lowest BCUT2D eigenvalue weighted by Crippen LogP contribution is -2.45. The van der Waals surface area contributed by atoms with Crippen molar-refractivity contribution in [1.82, 2.24) is 13.9 Å². The minimum atomic E-state index is -3.35. The van der Waals surface area contributed by atoms with Crippen LogP contribution in [0.25, 0.3) is 0 Å². The van der Waals surface area contributed by atoms with E-state index in [2.05, 4.69) is 9.62 Å². The van der Waals surface area contributed by atoms with Crippen molar-refractivity contribution in [1.29, 1.82) is 0 Å². The first-order valence-electron chi connectivity index (χ1n) is 6.97. The Bertz CT molecular complexity index is 500. The van der Waals surface area contributed by atoms with Gasteiger partial charge in [0.2, 0.25) is 20.0 Å². The van der Waals surface area contributed by atoms with Crippen LogP contribution in [0.4, 0.5) is 0 Å². The van der Waals surface area contributed by atoms with Gasteiger partial charge < -0.3 is 4.74 Å². The summed E-state index contributed by atoms with van der Waals surface area (Å²) in [6, 6.07) is 0. The van der Waals surface area contributed by atoms with Gasteiger partial charge in [-0.25, -0.2) is 21.6 Å². The highest BCUT2D eigenvalue weighted by Gasteiger charge is 2.19. The largest absolute Gasteiger partial charge is 0.379 e. The predicted molar refractivity (Wildman–Crippen MR) is 81.1 cm³/mol. The molecule has 1 saturated heterocycles. The molecular weight excluding hydrogens is 318 g/mol. The van der Waals surface area contributed by atoms with E-state index < -0.39 is 20.0 Å². The molecule has 0 aliphatic carbocycles. The number of hydrogen-bond acceptors (Lipinski definition) is 6. The molecule has 0 unspecified atom stereocenters. The van der Waals surface area contributed by atoms with Crippen LogP contribution in [-0.2, 0) is 24.8 Å². The second kappa shape index (κ2) is 8.39. The maximum absolute atomic E-state index is 11.7. The molecule has 126 valence electrons. The molecule has 0 aromatic rings. The Balaban J connectivity index is 2.45. The van der Waals surface area contributed by atoms with Crippen molar-refractivity contribution in [3.63, 3.8) is 0 Å². The Morgan fingerprint density at radius 3 is 2.29 bits per heavy atom. The summed E-state index contributed by atoms with van der Waals surface area (Å²) in [4.78, 5) is 2.14. The Labute approximate surface area is 127 Å². The standard InChI is InChI=1S/C11H25N3O5S2/c1-3-21(17,18)12-4-5-14(20(2,15)16)7-6-13-8-10-19-11-9-13/h12H,3-11H2,1-2H3. The average molecular weight is 343 g/mol. The molecule has 1 fully saturated rings.